The normalized spacial score (nSPS) is 25.1. The van der Waals surface area contributed by atoms with Crippen molar-refractivity contribution in [1.29, 1.82) is 0 Å². The van der Waals surface area contributed by atoms with Crippen molar-refractivity contribution >= 4 is 70.8 Å². The highest BCUT2D eigenvalue weighted by atomic mass is 16.5. The van der Waals surface area contributed by atoms with E-state index < -0.39 is 144 Å². The number of benzene rings is 2. The number of hydrogen-bond acceptors (Lipinski definition) is 15. The van der Waals surface area contributed by atoms with Crippen molar-refractivity contribution in [2.45, 2.75) is 259 Å². The third-order valence-corrected chi connectivity index (χ3v) is 20.8. The summed E-state index contributed by atoms with van der Waals surface area (Å²) in [6, 6.07) is 6.58. The van der Waals surface area contributed by atoms with E-state index in [1.54, 1.807) is 61.2 Å². The summed E-state index contributed by atoms with van der Waals surface area (Å²) in [7, 11) is 7.31. The molecule has 11 amide bonds. The molecule has 0 radical (unpaired) electrons. The number of rotatable bonds is 24. The van der Waals surface area contributed by atoms with Crippen molar-refractivity contribution in [3.63, 3.8) is 0 Å². The second kappa shape index (κ2) is 46.6. The minimum absolute atomic E-state index is 0.0338. The number of aliphatic hydroxyl groups is 2. The number of carbonyl (C=O) groups excluding carboxylic acids is 12. The molecule has 6 N–H and O–H groups in total. The van der Waals surface area contributed by atoms with E-state index in [2.05, 4.69) is 28.2 Å². The number of ketones is 1. The number of amides is 11. The van der Waals surface area contributed by atoms with Gasteiger partial charge in [-0.3, -0.25) is 57.5 Å². The summed E-state index contributed by atoms with van der Waals surface area (Å²) in [6.45, 7) is 21.2. The van der Waals surface area contributed by atoms with Crippen molar-refractivity contribution in [1.82, 2.24) is 55.6 Å². The van der Waals surface area contributed by atoms with Gasteiger partial charge in [0, 0.05) is 92.9 Å². The third-order valence-electron chi connectivity index (χ3n) is 20.8. The zero-order valence-corrected chi connectivity index (χ0v) is 68.0. The topological polar surface area (TPSA) is 325 Å². The van der Waals surface area contributed by atoms with E-state index in [-0.39, 0.29) is 120 Å². The number of ether oxygens (including phenoxy) is 1. The van der Waals surface area contributed by atoms with Crippen molar-refractivity contribution in [3.8, 4) is 0 Å². The van der Waals surface area contributed by atoms with Gasteiger partial charge in [-0.15, -0.1) is 0 Å². The third kappa shape index (κ3) is 29.5. The molecule has 0 spiro atoms. The van der Waals surface area contributed by atoms with E-state index in [1.165, 1.54) is 71.6 Å². The SMILES string of the molecule is CCCCCC1CC(=O)N(C)[C@@H](Cc2ccccc2)C(=O)N[C@@H](COCCO)CC(=O)N(C)[C@@H](CC(C)C)C(=O)N[C@@H]([C@@H](C)O)C(=O)N(CCC)CC(=O)N(C)[C@@H](Cc2ccccc2)C(=O)N(C)[C@@H](CC(C)C)C(=O)N[C@@H](CC(C)C)C(=O)N(C)[C@@H](CC(C)C)C(=O)N[C@H](C(=O)N2CCCCC2)CC(=O)C(C)C1. The van der Waals surface area contributed by atoms with E-state index in [1.807, 2.05) is 73.6 Å². The molecule has 2 aliphatic rings. The van der Waals surface area contributed by atoms with Gasteiger partial charge in [0.1, 0.15) is 54.1 Å². The highest BCUT2D eigenvalue weighted by Gasteiger charge is 2.43. The first-order valence-electron chi connectivity index (χ1n) is 39.6. The molecule has 2 aromatic carbocycles. The van der Waals surface area contributed by atoms with Gasteiger partial charge in [-0.25, -0.2) is 0 Å². The second-order valence-corrected chi connectivity index (χ2v) is 32.0. The first-order chi connectivity index (χ1) is 51.0. The largest absolute Gasteiger partial charge is 0.394 e. The molecule has 12 atom stereocenters. The summed E-state index contributed by atoms with van der Waals surface area (Å²) in [4.78, 5) is 190. The first kappa shape index (κ1) is 92.5. The fourth-order valence-corrected chi connectivity index (χ4v) is 14.4. The molecule has 4 rings (SSSR count). The second-order valence-electron chi connectivity index (χ2n) is 32.0. The van der Waals surface area contributed by atoms with Gasteiger partial charge in [0.15, 0.2) is 0 Å². The van der Waals surface area contributed by atoms with Crippen LogP contribution in [0.5, 0.6) is 0 Å². The molecule has 606 valence electrons. The summed E-state index contributed by atoms with van der Waals surface area (Å²) in [6.07, 6.45) is 3.86. The molecule has 108 heavy (non-hydrogen) atoms. The van der Waals surface area contributed by atoms with Gasteiger partial charge >= 0.3 is 0 Å². The van der Waals surface area contributed by atoms with Crippen LogP contribution in [-0.4, -0.2) is 257 Å². The van der Waals surface area contributed by atoms with Crippen LogP contribution in [0.1, 0.15) is 197 Å². The quantitative estimate of drug-likeness (QED) is 0.0624. The molecule has 2 fully saturated rings. The van der Waals surface area contributed by atoms with Crippen LogP contribution in [-0.2, 0) is 75.1 Å². The Morgan fingerprint density at radius 3 is 1.53 bits per heavy atom. The molecule has 2 heterocycles. The van der Waals surface area contributed by atoms with Crippen LogP contribution in [0.4, 0.5) is 0 Å². The van der Waals surface area contributed by atoms with Gasteiger partial charge in [0.25, 0.3) is 0 Å². The lowest BCUT2D eigenvalue weighted by Crippen LogP contribution is -2.61. The smallest absolute Gasteiger partial charge is 0.248 e. The van der Waals surface area contributed by atoms with Crippen LogP contribution in [0.15, 0.2) is 60.7 Å². The fraction of sp³-hybridized carbons (Fsp3) is 0.707. The van der Waals surface area contributed by atoms with Crippen LogP contribution in [0, 0.1) is 35.5 Å². The average molecular weight is 1510 g/mol. The molecule has 2 aromatic rings. The number of nitrogens with zero attached hydrogens (tertiary/aromatic N) is 7. The van der Waals surface area contributed by atoms with Gasteiger partial charge in [0.05, 0.1) is 38.5 Å². The number of piperidine rings is 1. The predicted octanol–water partition coefficient (Wildman–Crippen LogP) is 6.35. The maximum Gasteiger partial charge on any atom is 0.248 e. The molecule has 0 saturated carbocycles. The van der Waals surface area contributed by atoms with E-state index in [0.29, 0.717) is 37.1 Å². The highest BCUT2D eigenvalue weighted by Crippen LogP contribution is 2.28. The minimum atomic E-state index is -1.65. The molecule has 2 unspecified atom stereocenters. The van der Waals surface area contributed by atoms with Gasteiger partial charge in [-0.2, -0.15) is 0 Å². The Bertz CT molecular complexity index is 3200. The van der Waals surface area contributed by atoms with Crippen molar-refractivity contribution in [2.75, 3.05) is 81.2 Å². The van der Waals surface area contributed by atoms with Crippen LogP contribution in [0.2, 0.25) is 0 Å². The maximum atomic E-state index is 15.5. The van der Waals surface area contributed by atoms with Gasteiger partial charge in [-0.05, 0) is 112 Å². The van der Waals surface area contributed by atoms with E-state index in [9.17, 15) is 43.8 Å². The van der Waals surface area contributed by atoms with Crippen molar-refractivity contribution in [3.05, 3.63) is 71.8 Å². The summed E-state index contributed by atoms with van der Waals surface area (Å²) in [5.74, 6) is -9.25. The van der Waals surface area contributed by atoms with Crippen molar-refractivity contribution < 1.29 is 72.5 Å². The molecule has 0 aromatic heterocycles. The first-order valence-corrected chi connectivity index (χ1v) is 39.6. The molecule has 26 nitrogen and oxygen atoms in total. The van der Waals surface area contributed by atoms with Crippen LogP contribution < -0.4 is 21.3 Å². The number of aliphatic hydroxyl groups excluding tert-OH is 2. The van der Waals surface area contributed by atoms with E-state index >= 15 is 24.0 Å². The Morgan fingerprint density at radius 1 is 0.528 bits per heavy atom. The number of Topliss-reactive ketones (excluding diaryl/α,β-unsaturated/α-hetero) is 1. The van der Waals surface area contributed by atoms with Crippen LogP contribution in [0.25, 0.3) is 0 Å². The molecule has 2 saturated heterocycles. The summed E-state index contributed by atoms with van der Waals surface area (Å²) >= 11 is 0. The lowest BCUT2D eigenvalue weighted by atomic mass is 9.84. The summed E-state index contributed by atoms with van der Waals surface area (Å²) in [5.41, 5.74) is 1.38. The molecular weight excluding hydrogens is 1380 g/mol. The molecular formula is C82H133N11O15. The molecule has 26 heteroatoms. The Labute approximate surface area is 643 Å². The molecule has 2 aliphatic heterocycles. The lowest BCUT2D eigenvalue weighted by Gasteiger charge is -2.37. The molecule has 0 aliphatic carbocycles. The van der Waals surface area contributed by atoms with Gasteiger partial charge in [0.2, 0.25) is 65.0 Å². The number of hydrogen-bond donors (Lipinski definition) is 6. The minimum Gasteiger partial charge on any atom is -0.394 e. The predicted molar refractivity (Wildman–Crippen MR) is 416 cm³/mol. The number of carbonyl (C=O) groups is 12. The zero-order chi connectivity index (χ0) is 80.6. The average Bonchev–Trinajstić information content (AvgIpc) is 0.819. The van der Waals surface area contributed by atoms with E-state index in [4.69, 9.17) is 4.74 Å². The monoisotopic (exact) mass is 1510 g/mol. The van der Waals surface area contributed by atoms with Crippen molar-refractivity contribution in [2.24, 2.45) is 35.5 Å². The Hall–Kier alpha value is -7.84. The highest BCUT2D eigenvalue weighted by molar-refractivity contribution is 5.99. The number of likely N-dealkylation sites (N-methyl/N-ethyl adjacent to an activating group) is 5. The van der Waals surface area contributed by atoms with E-state index in [0.717, 1.165) is 38.5 Å². The number of nitrogens with one attached hydrogen (secondary N) is 4. The summed E-state index contributed by atoms with van der Waals surface area (Å²) in [5, 5.41) is 32.9. The Kier molecular flexibility index (Phi) is 39.9. The Morgan fingerprint density at radius 2 is 1.01 bits per heavy atom. The standard InChI is InChI=1S/C82H133N11O15/c1-18-20-24-35-61-45-57(11)70(96)50-64(80(105)92-37-29-23-30-38-92)85-76(101)66(43-55(7)8)90(16)79(104)63(41-53(3)4)84-77(102)67(44-56(9)10)91(17)81(106)69(47-60-33-27-22-28-34-60)89(15)73(99)51-93(36-19-2)82(107)74(58(12)95)86-78(103)65(42-54(5)6)87(13)72(98)49-62(52-108-40-39-94)83-75(100)68(88(14)71(97)48-61)46-59-31-25-21-26-32-59/h21-22,25-28,31-34,53-58,61-69,74,94-95H,18-20,23-24,29-30,35-52H2,1-17H3,(H,83,100)(H,84,102)(H,85,101)(H,86,103)/t57?,58-,61?,62-,63+,64+,65+,66+,67+,68+,69+,74+/m1/s1. The summed E-state index contributed by atoms with van der Waals surface area (Å²) < 4.78 is 5.78. The number of likely N-dealkylation sites (tertiary alicyclic amines) is 1. The van der Waals surface area contributed by atoms with Crippen LogP contribution in [0.3, 0.4) is 0 Å². The van der Waals surface area contributed by atoms with Gasteiger partial charge in [-0.1, -0.05) is 156 Å². The molecule has 0 bridgehead atoms. The van der Waals surface area contributed by atoms with Crippen LogP contribution >= 0.6 is 0 Å². The number of unbranched alkanes of at least 4 members (excludes halogenated alkanes) is 2. The lowest BCUT2D eigenvalue weighted by molar-refractivity contribution is -0.151. The fourth-order valence-electron chi connectivity index (χ4n) is 14.4. The zero-order valence-electron chi connectivity index (χ0n) is 68.0. The maximum absolute atomic E-state index is 15.5. The Balaban J connectivity index is 1.97. The van der Waals surface area contributed by atoms with Gasteiger partial charge < -0.3 is 70.5 Å².